The van der Waals surface area contributed by atoms with Gasteiger partial charge in [0.2, 0.25) is 0 Å². The van der Waals surface area contributed by atoms with Crippen molar-refractivity contribution in [3.63, 3.8) is 0 Å². The minimum Gasteiger partial charge on any atom is -0.363 e. The van der Waals surface area contributed by atoms with Gasteiger partial charge >= 0.3 is 0 Å². The molecule has 1 amide bonds. The number of benzene rings is 2. The fourth-order valence-corrected chi connectivity index (χ4v) is 3.77. The summed E-state index contributed by atoms with van der Waals surface area (Å²) in [5.74, 6) is -4.31. The van der Waals surface area contributed by atoms with Crippen LogP contribution in [0.4, 0.5) is 18.9 Å². The molecule has 152 valence electrons. The molecule has 2 aromatic rings. The van der Waals surface area contributed by atoms with Crippen LogP contribution in [0.1, 0.15) is 10.4 Å². The Bertz CT molecular complexity index is 985. The average Bonchev–Trinajstić information content (AvgIpc) is 2.67. The van der Waals surface area contributed by atoms with Crippen molar-refractivity contribution in [2.24, 2.45) is 0 Å². The van der Waals surface area contributed by atoms with Gasteiger partial charge in [-0.1, -0.05) is 6.07 Å². The van der Waals surface area contributed by atoms with Crippen LogP contribution < -0.4 is 4.31 Å². The number of nitrogens with zero attached hydrogens (tertiary/aromatic N) is 2. The van der Waals surface area contributed by atoms with Gasteiger partial charge in [0.1, 0.15) is 23.3 Å². The number of carbonyl (C=O) groups is 1. The Balaban J connectivity index is 2.64. The quantitative estimate of drug-likeness (QED) is 0.510. The molecule has 2 rings (SSSR count). The van der Waals surface area contributed by atoms with Crippen LogP contribution >= 0.6 is 0 Å². The molecular formula is C17H17F3N2O5S. The van der Waals surface area contributed by atoms with Gasteiger partial charge in [0.15, 0.2) is 5.82 Å². The van der Waals surface area contributed by atoms with E-state index < -0.39 is 56.3 Å². The zero-order chi connectivity index (χ0) is 21.1. The Morgan fingerprint density at radius 2 is 1.79 bits per heavy atom. The molecule has 0 atom stereocenters. The summed E-state index contributed by atoms with van der Waals surface area (Å²) in [5, 5.41) is 0.740. The number of amides is 1. The van der Waals surface area contributed by atoms with Crippen molar-refractivity contribution in [3.05, 3.63) is 59.4 Å². The van der Waals surface area contributed by atoms with Crippen LogP contribution in [0.5, 0.6) is 0 Å². The Morgan fingerprint density at radius 1 is 1.11 bits per heavy atom. The normalized spacial score (nSPS) is 11.4. The standard InChI is InChI=1S/C17H17F3N2O5S/c1-21(27-3)17(23)12-5-4-6-14(16(12)20)22(10-26-2)28(24,25)15-9-11(18)7-8-13(15)19/h4-9H,10H2,1-3H3. The number of ether oxygens (including phenoxy) is 1. The molecule has 0 aliphatic rings. The van der Waals surface area contributed by atoms with E-state index in [0.29, 0.717) is 16.4 Å². The third-order valence-corrected chi connectivity index (χ3v) is 5.50. The van der Waals surface area contributed by atoms with Crippen molar-refractivity contribution in [2.75, 3.05) is 32.3 Å². The Hall–Kier alpha value is -2.63. The first-order chi connectivity index (χ1) is 13.1. The molecule has 28 heavy (non-hydrogen) atoms. The molecule has 0 heterocycles. The first-order valence-electron chi connectivity index (χ1n) is 7.72. The molecular weight excluding hydrogens is 401 g/mol. The van der Waals surface area contributed by atoms with Crippen molar-refractivity contribution in [1.82, 2.24) is 5.06 Å². The highest BCUT2D eigenvalue weighted by molar-refractivity contribution is 7.92. The summed E-state index contributed by atoms with van der Waals surface area (Å²) in [6.07, 6.45) is 0. The van der Waals surface area contributed by atoms with Crippen LogP contribution in [0.25, 0.3) is 0 Å². The summed E-state index contributed by atoms with van der Waals surface area (Å²) in [4.78, 5) is 15.9. The molecule has 0 N–H and O–H groups in total. The van der Waals surface area contributed by atoms with Gasteiger partial charge in [-0.15, -0.1) is 0 Å². The van der Waals surface area contributed by atoms with E-state index >= 15 is 0 Å². The van der Waals surface area contributed by atoms with E-state index in [1.165, 1.54) is 20.2 Å². The molecule has 0 spiro atoms. The SMILES string of the molecule is COCN(c1cccc(C(=O)N(C)OC)c1F)S(=O)(=O)c1cc(F)ccc1F. The van der Waals surface area contributed by atoms with E-state index in [0.717, 1.165) is 30.4 Å². The second-order valence-electron chi connectivity index (χ2n) is 5.47. The molecule has 0 bridgehead atoms. The van der Waals surface area contributed by atoms with Crippen LogP contribution in [0, 0.1) is 17.5 Å². The first kappa shape index (κ1) is 21.7. The predicted octanol–water partition coefficient (Wildman–Crippen LogP) is 2.54. The molecule has 0 unspecified atom stereocenters. The van der Waals surface area contributed by atoms with Gasteiger partial charge in [-0.2, -0.15) is 0 Å². The number of hydrogen-bond donors (Lipinski definition) is 0. The number of hydrogen-bond acceptors (Lipinski definition) is 5. The number of halogens is 3. The third kappa shape index (κ3) is 4.11. The Labute approximate surface area is 159 Å². The summed E-state index contributed by atoms with van der Waals surface area (Å²) in [7, 11) is -1.20. The first-order valence-corrected chi connectivity index (χ1v) is 9.16. The summed E-state index contributed by atoms with van der Waals surface area (Å²) < 4.78 is 73.5. The zero-order valence-corrected chi connectivity index (χ0v) is 16.0. The number of hydroxylamine groups is 2. The van der Waals surface area contributed by atoms with Crippen LogP contribution in [-0.4, -0.2) is 47.4 Å². The lowest BCUT2D eigenvalue weighted by Crippen LogP contribution is -2.35. The van der Waals surface area contributed by atoms with E-state index in [1.54, 1.807) is 0 Å². The highest BCUT2D eigenvalue weighted by Crippen LogP contribution is 2.30. The molecule has 0 saturated carbocycles. The van der Waals surface area contributed by atoms with Crippen molar-refractivity contribution in [2.45, 2.75) is 4.90 Å². The highest BCUT2D eigenvalue weighted by Gasteiger charge is 2.32. The second kappa shape index (κ2) is 8.59. The van der Waals surface area contributed by atoms with Crippen LogP contribution in [0.2, 0.25) is 0 Å². The lowest BCUT2D eigenvalue weighted by atomic mass is 10.1. The average molecular weight is 418 g/mol. The lowest BCUT2D eigenvalue weighted by Gasteiger charge is -2.25. The maximum absolute atomic E-state index is 15.0. The molecule has 0 aromatic heterocycles. The molecule has 0 radical (unpaired) electrons. The lowest BCUT2D eigenvalue weighted by molar-refractivity contribution is -0.0759. The monoisotopic (exact) mass is 418 g/mol. The zero-order valence-electron chi connectivity index (χ0n) is 15.1. The van der Waals surface area contributed by atoms with Gasteiger partial charge in [-0.3, -0.25) is 9.63 Å². The predicted molar refractivity (Wildman–Crippen MR) is 93.4 cm³/mol. The second-order valence-corrected chi connectivity index (χ2v) is 7.30. The van der Waals surface area contributed by atoms with Crippen LogP contribution in [-0.2, 0) is 19.6 Å². The van der Waals surface area contributed by atoms with Crippen LogP contribution in [0.3, 0.4) is 0 Å². The van der Waals surface area contributed by atoms with E-state index in [-0.39, 0.29) is 0 Å². The summed E-state index contributed by atoms with van der Waals surface area (Å²) >= 11 is 0. The van der Waals surface area contributed by atoms with Gasteiger partial charge < -0.3 is 4.74 Å². The van der Waals surface area contributed by atoms with E-state index in [2.05, 4.69) is 0 Å². The maximum atomic E-state index is 15.0. The number of anilines is 1. The molecule has 0 aliphatic heterocycles. The summed E-state index contributed by atoms with van der Waals surface area (Å²) in [6, 6.07) is 5.27. The number of sulfonamides is 1. The number of carbonyl (C=O) groups excluding carboxylic acids is 1. The summed E-state index contributed by atoms with van der Waals surface area (Å²) in [6.45, 7) is -0.715. The largest absolute Gasteiger partial charge is 0.363 e. The van der Waals surface area contributed by atoms with E-state index in [9.17, 15) is 26.4 Å². The number of methoxy groups -OCH3 is 1. The minimum absolute atomic E-state index is 0.393. The topological polar surface area (TPSA) is 76.2 Å². The van der Waals surface area contributed by atoms with Gasteiger partial charge in [0.25, 0.3) is 15.9 Å². The molecule has 0 aliphatic carbocycles. The van der Waals surface area contributed by atoms with Gasteiger partial charge in [0, 0.05) is 14.2 Å². The van der Waals surface area contributed by atoms with Gasteiger partial charge in [-0.05, 0) is 30.3 Å². The van der Waals surface area contributed by atoms with Crippen molar-refractivity contribution >= 4 is 21.6 Å². The Morgan fingerprint density at radius 3 is 2.39 bits per heavy atom. The van der Waals surface area contributed by atoms with Crippen molar-refractivity contribution in [3.8, 4) is 0 Å². The third-order valence-electron chi connectivity index (χ3n) is 3.74. The van der Waals surface area contributed by atoms with Gasteiger partial charge in [-0.25, -0.2) is 31.0 Å². The van der Waals surface area contributed by atoms with E-state index in [4.69, 9.17) is 9.57 Å². The fraction of sp³-hybridized carbons (Fsp3) is 0.235. The molecule has 0 saturated heterocycles. The van der Waals surface area contributed by atoms with E-state index in [1.807, 2.05) is 0 Å². The van der Waals surface area contributed by atoms with Crippen molar-refractivity contribution < 1.29 is 36.0 Å². The molecule has 7 nitrogen and oxygen atoms in total. The smallest absolute Gasteiger partial charge is 0.280 e. The molecule has 2 aromatic carbocycles. The van der Waals surface area contributed by atoms with Crippen molar-refractivity contribution in [1.29, 1.82) is 0 Å². The number of rotatable bonds is 7. The van der Waals surface area contributed by atoms with Crippen LogP contribution in [0.15, 0.2) is 41.3 Å². The maximum Gasteiger partial charge on any atom is 0.280 e. The highest BCUT2D eigenvalue weighted by atomic mass is 32.2. The fourth-order valence-electron chi connectivity index (χ4n) is 2.31. The Kier molecular flexibility index (Phi) is 6.65. The summed E-state index contributed by atoms with van der Waals surface area (Å²) in [5.41, 5.74) is -1.07. The molecule has 11 heteroatoms. The van der Waals surface area contributed by atoms with Gasteiger partial charge in [0.05, 0.1) is 18.4 Å². The molecule has 0 fully saturated rings. The minimum atomic E-state index is -4.76.